The molecule has 98 valence electrons. The van der Waals surface area contributed by atoms with Crippen molar-refractivity contribution >= 4 is 29.3 Å². The first-order valence-electron chi connectivity index (χ1n) is 5.48. The fraction of sp³-hybridized carbons (Fsp3) is 0.333. The second kappa shape index (κ2) is 7.73. The summed E-state index contributed by atoms with van der Waals surface area (Å²) in [6.07, 6.45) is 0.303. The molecule has 0 spiro atoms. The van der Waals surface area contributed by atoms with Gasteiger partial charge in [0, 0.05) is 23.4 Å². The van der Waals surface area contributed by atoms with E-state index in [1.165, 1.54) is 11.8 Å². The van der Waals surface area contributed by atoms with Crippen LogP contribution in [0.5, 0.6) is 0 Å². The lowest BCUT2D eigenvalue weighted by Gasteiger charge is -2.08. The van der Waals surface area contributed by atoms with Crippen molar-refractivity contribution < 1.29 is 14.7 Å². The number of hydrogen-bond donors (Lipinski definition) is 3. The zero-order chi connectivity index (χ0) is 13.4. The van der Waals surface area contributed by atoms with Crippen molar-refractivity contribution in [2.45, 2.75) is 13.0 Å². The van der Waals surface area contributed by atoms with E-state index in [9.17, 15) is 9.59 Å². The van der Waals surface area contributed by atoms with Crippen molar-refractivity contribution in [3.05, 3.63) is 29.8 Å². The molecule has 0 bridgehead atoms. The largest absolute Gasteiger partial charge is 0.392 e. The van der Waals surface area contributed by atoms with Gasteiger partial charge in [-0.15, -0.1) is 0 Å². The second-order valence-corrected chi connectivity index (χ2v) is 4.74. The predicted octanol–water partition coefficient (Wildman–Crippen LogP) is 0.726. The first-order valence-corrected chi connectivity index (χ1v) is 6.63. The highest BCUT2D eigenvalue weighted by atomic mass is 32.2. The van der Waals surface area contributed by atoms with Gasteiger partial charge in [-0.2, -0.15) is 11.8 Å². The van der Waals surface area contributed by atoms with Gasteiger partial charge in [-0.1, -0.05) is 18.2 Å². The second-order valence-electron chi connectivity index (χ2n) is 3.63. The molecule has 6 heteroatoms. The maximum atomic E-state index is 11.6. The molecule has 1 aromatic rings. The quantitative estimate of drug-likeness (QED) is 0.635. The van der Waals surface area contributed by atoms with Crippen molar-refractivity contribution in [3.63, 3.8) is 0 Å². The first-order chi connectivity index (χ1) is 8.63. The number of carbonyl (C=O) groups is 2. The van der Waals surface area contributed by atoms with Gasteiger partial charge in [-0.05, 0) is 6.07 Å². The van der Waals surface area contributed by atoms with Gasteiger partial charge < -0.3 is 16.2 Å². The molecule has 0 heterocycles. The van der Waals surface area contributed by atoms with E-state index in [-0.39, 0.29) is 24.2 Å². The Bertz CT molecular complexity index is 424. The molecule has 0 aromatic heterocycles. The normalized spacial score (nSPS) is 10.1. The Morgan fingerprint density at radius 2 is 2.06 bits per heavy atom. The monoisotopic (exact) mass is 268 g/mol. The summed E-state index contributed by atoms with van der Waals surface area (Å²) >= 11 is 1.33. The van der Waals surface area contributed by atoms with Crippen LogP contribution in [0.1, 0.15) is 12.0 Å². The standard InChI is InChI=1S/C12H16N2O3S/c13-11(16)8-18-6-5-12(17)14-10-4-2-1-3-9(10)7-15/h1-4,15H,5-8H2,(H2,13,16)(H,14,17). The molecule has 0 radical (unpaired) electrons. The van der Waals surface area contributed by atoms with E-state index in [0.29, 0.717) is 23.4 Å². The first kappa shape index (κ1) is 14.5. The van der Waals surface area contributed by atoms with Gasteiger partial charge in [0.2, 0.25) is 11.8 Å². The summed E-state index contributed by atoms with van der Waals surface area (Å²) in [6, 6.07) is 7.07. The Morgan fingerprint density at radius 3 is 2.72 bits per heavy atom. The summed E-state index contributed by atoms with van der Waals surface area (Å²) in [5.74, 6) is 0.232. The van der Waals surface area contributed by atoms with E-state index in [0.717, 1.165) is 0 Å². The van der Waals surface area contributed by atoms with E-state index in [1.54, 1.807) is 24.3 Å². The molecule has 0 aliphatic carbocycles. The highest BCUT2D eigenvalue weighted by molar-refractivity contribution is 7.99. The van der Waals surface area contributed by atoms with E-state index in [4.69, 9.17) is 10.8 Å². The summed E-state index contributed by atoms with van der Waals surface area (Å²) in [4.78, 5) is 22.1. The highest BCUT2D eigenvalue weighted by Gasteiger charge is 2.06. The van der Waals surface area contributed by atoms with Crippen LogP contribution in [0.4, 0.5) is 5.69 Å². The number of aliphatic hydroxyl groups excluding tert-OH is 1. The van der Waals surface area contributed by atoms with Crippen molar-refractivity contribution in [2.24, 2.45) is 5.73 Å². The van der Waals surface area contributed by atoms with Gasteiger partial charge in [0.15, 0.2) is 0 Å². The third-order valence-electron chi connectivity index (χ3n) is 2.18. The summed E-state index contributed by atoms with van der Waals surface area (Å²) in [5, 5.41) is 11.8. The van der Waals surface area contributed by atoms with Gasteiger partial charge in [-0.3, -0.25) is 9.59 Å². The van der Waals surface area contributed by atoms with Crippen LogP contribution in [0.25, 0.3) is 0 Å². The number of nitrogens with two attached hydrogens (primary N) is 1. The number of benzene rings is 1. The molecule has 0 saturated heterocycles. The van der Waals surface area contributed by atoms with Crippen LogP contribution in [0.15, 0.2) is 24.3 Å². The van der Waals surface area contributed by atoms with Crippen molar-refractivity contribution in [1.29, 1.82) is 0 Å². The minimum atomic E-state index is -0.383. The highest BCUT2D eigenvalue weighted by Crippen LogP contribution is 2.15. The number of primary amides is 1. The SMILES string of the molecule is NC(=O)CSCCC(=O)Nc1ccccc1CO. The number of anilines is 1. The third-order valence-corrected chi connectivity index (χ3v) is 3.16. The molecule has 2 amide bonds. The number of nitrogens with one attached hydrogen (secondary N) is 1. The van der Waals surface area contributed by atoms with E-state index in [1.807, 2.05) is 0 Å². The Kier molecular flexibility index (Phi) is 6.24. The zero-order valence-electron chi connectivity index (χ0n) is 9.89. The van der Waals surface area contributed by atoms with E-state index < -0.39 is 0 Å². The smallest absolute Gasteiger partial charge is 0.227 e. The Hall–Kier alpha value is -1.53. The molecule has 4 N–H and O–H groups in total. The maximum Gasteiger partial charge on any atom is 0.227 e. The number of thioether (sulfide) groups is 1. The fourth-order valence-electron chi connectivity index (χ4n) is 1.33. The lowest BCUT2D eigenvalue weighted by molar-refractivity contribution is -0.116. The molecule has 0 aliphatic rings. The van der Waals surface area contributed by atoms with Crippen LogP contribution in [0.2, 0.25) is 0 Å². The van der Waals surface area contributed by atoms with Crippen LogP contribution >= 0.6 is 11.8 Å². The van der Waals surface area contributed by atoms with Crippen LogP contribution < -0.4 is 11.1 Å². The van der Waals surface area contributed by atoms with Crippen LogP contribution in [-0.2, 0) is 16.2 Å². The molecule has 18 heavy (non-hydrogen) atoms. The Morgan fingerprint density at radius 1 is 1.33 bits per heavy atom. The molecule has 0 atom stereocenters. The van der Waals surface area contributed by atoms with Crippen LogP contribution in [-0.4, -0.2) is 28.4 Å². The minimum Gasteiger partial charge on any atom is -0.392 e. The fourth-order valence-corrected chi connectivity index (χ4v) is 2.01. The Labute approximate surface area is 110 Å². The molecular formula is C12H16N2O3S. The maximum absolute atomic E-state index is 11.6. The molecule has 0 saturated carbocycles. The van der Waals surface area contributed by atoms with Crippen LogP contribution in [0.3, 0.4) is 0 Å². The lowest BCUT2D eigenvalue weighted by Crippen LogP contribution is -2.16. The summed E-state index contributed by atoms with van der Waals surface area (Å²) < 4.78 is 0. The van der Waals surface area contributed by atoms with Gasteiger partial charge in [-0.25, -0.2) is 0 Å². The van der Waals surface area contributed by atoms with Gasteiger partial charge in [0.25, 0.3) is 0 Å². The average molecular weight is 268 g/mol. The molecule has 1 aromatic carbocycles. The molecule has 1 rings (SSSR count). The van der Waals surface area contributed by atoms with Gasteiger partial charge >= 0.3 is 0 Å². The third kappa shape index (κ3) is 5.20. The lowest BCUT2D eigenvalue weighted by atomic mass is 10.2. The molecule has 0 aliphatic heterocycles. The number of amides is 2. The van der Waals surface area contributed by atoms with Crippen molar-refractivity contribution in [1.82, 2.24) is 0 Å². The number of carbonyl (C=O) groups excluding carboxylic acids is 2. The summed E-state index contributed by atoms with van der Waals surface area (Å²) in [5.41, 5.74) is 6.27. The minimum absolute atomic E-state index is 0.118. The van der Waals surface area contributed by atoms with Crippen molar-refractivity contribution in [2.75, 3.05) is 16.8 Å². The van der Waals surface area contributed by atoms with E-state index in [2.05, 4.69) is 5.32 Å². The Balaban J connectivity index is 2.37. The van der Waals surface area contributed by atoms with Gasteiger partial charge in [0.05, 0.1) is 12.4 Å². The number of para-hydroxylation sites is 1. The molecular weight excluding hydrogens is 252 g/mol. The molecule has 5 nitrogen and oxygen atoms in total. The molecule has 0 fully saturated rings. The summed E-state index contributed by atoms with van der Waals surface area (Å²) in [6.45, 7) is -0.118. The number of hydrogen-bond acceptors (Lipinski definition) is 4. The average Bonchev–Trinajstić information content (AvgIpc) is 2.35. The number of aliphatic hydroxyl groups is 1. The number of rotatable bonds is 7. The van der Waals surface area contributed by atoms with E-state index >= 15 is 0 Å². The summed E-state index contributed by atoms with van der Waals surface area (Å²) in [7, 11) is 0. The zero-order valence-corrected chi connectivity index (χ0v) is 10.7. The molecule has 0 unspecified atom stereocenters. The topological polar surface area (TPSA) is 92.4 Å². The predicted molar refractivity (Wildman–Crippen MR) is 72.1 cm³/mol. The van der Waals surface area contributed by atoms with Crippen LogP contribution in [0, 0.1) is 0 Å². The van der Waals surface area contributed by atoms with Gasteiger partial charge in [0.1, 0.15) is 0 Å². The van der Waals surface area contributed by atoms with Crippen molar-refractivity contribution in [3.8, 4) is 0 Å².